The van der Waals surface area contributed by atoms with Crippen molar-refractivity contribution in [2.24, 2.45) is 0 Å². The maximum Gasteiger partial charge on any atom is 0.307 e. The number of nitrogens with two attached hydrogens (primary N) is 1. The summed E-state index contributed by atoms with van der Waals surface area (Å²) in [4.78, 5) is 12.9. The van der Waals surface area contributed by atoms with Gasteiger partial charge in [-0.1, -0.05) is 23.5 Å². The van der Waals surface area contributed by atoms with E-state index in [-0.39, 0.29) is 4.87 Å². The van der Waals surface area contributed by atoms with Gasteiger partial charge in [0, 0.05) is 22.8 Å². The Bertz CT molecular complexity index is 566. The van der Waals surface area contributed by atoms with Crippen LogP contribution in [0.4, 0.5) is 5.69 Å². The Morgan fingerprint density at radius 1 is 1.24 bits per heavy atom. The Hall–Kier alpha value is -1.55. The molecule has 0 fully saturated rings. The van der Waals surface area contributed by atoms with E-state index in [4.69, 9.17) is 5.73 Å². The van der Waals surface area contributed by atoms with Gasteiger partial charge in [-0.2, -0.15) is 0 Å². The molecule has 0 aliphatic heterocycles. The van der Waals surface area contributed by atoms with E-state index in [9.17, 15) is 4.79 Å². The molecule has 0 radical (unpaired) electrons. The predicted octanol–water partition coefficient (Wildman–Crippen LogP) is 2.35. The van der Waals surface area contributed by atoms with E-state index in [1.165, 1.54) is 16.9 Å². The largest absolute Gasteiger partial charge is 0.399 e. The van der Waals surface area contributed by atoms with Gasteiger partial charge in [0.05, 0.1) is 0 Å². The SMILES string of the molecule is Cc1sc(=O)n(CCc2ccc(N)cc2)c1C. The summed E-state index contributed by atoms with van der Waals surface area (Å²) in [6.07, 6.45) is 0.858. The van der Waals surface area contributed by atoms with Crippen molar-refractivity contribution in [3.8, 4) is 0 Å². The number of hydrogen-bond acceptors (Lipinski definition) is 3. The third-order valence-corrected chi connectivity index (χ3v) is 3.98. The van der Waals surface area contributed by atoms with Crippen molar-refractivity contribution in [2.45, 2.75) is 26.8 Å². The second-order valence-corrected chi connectivity index (χ2v) is 5.32. The Labute approximate surface area is 105 Å². The van der Waals surface area contributed by atoms with Crippen LogP contribution < -0.4 is 10.6 Å². The number of rotatable bonds is 3. The van der Waals surface area contributed by atoms with Crippen molar-refractivity contribution < 1.29 is 0 Å². The highest BCUT2D eigenvalue weighted by atomic mass is 32.1. The van der Waals surface area contributed by atoms with Crippen molar-refractivity contribution in [3.05, 3.63) is 50.1 Å². The van der Waals surface area contributed by atoms with Crippen LogP contribution in [0.25, 0.3) is 0 Å². The number of thiazole rings is 1. The summed E-state index contributed by atoms with van der Waals surface area (Å²) in [7, 11) is 0. The lowest BCUT2D eigenvalue weighted by Crippen LogP contribution is -2.16. The van der Waals surface area contributed by atoms with Crippen LogP contribution in [0.3, 0.4) is 0 Å². The number of benzene rings is 1. The summed E-state index contributed by atoms with van der Waals surface area (Å²) in [5.41, 5.74) is 8.69. The van der Waals surface area contributed by atoms with E-state index in [1.807, 2.05) is 42.7 Å². The number of aryl methyl sites for hydroxylation is 2. The van der Waals surface area contributed by atoms with Crippen LogP contribution in [0.15, 0.2) is 29.1 Å². The topological polar surface area (TPSA) is 48.0 Å². The van der Waals surface area contributed by atoms with Crippen molar-refractivity contribution in [2.75, 3.05) is 5.73 Å². The monoisotopic (exact) mass is 248 g/mol. The average Bonchev–Trinajstić information content (AvgIpc) is 2.54. The van der Waals surface area contributed by atoms with E-state index in [0.29, 0.717) is 0 Å². The minimum absolute atomic E-state index is 0.135. The first-order valence-electron chi connectivity index (χ1n) is 5.59. The molecular formula is C13H16N2OS. The van der Waals surface area contributed by atoms with E-state index in [0.717, 1.165) is 29.2 Å². The zero-order valence-electron chi connectivity index (χ0n) is 10.1. The molecule has 2 aromatic rings. The lowest BCUT2D eigenvalue weighted by Gasteiger charge is -2.05. The molecule has 0 spiro atoms. The first kappa shape index (κ1) is 11.9. The lowest BCUT2D eigenvalue weighted by atomic mass is 10.1. The van der Waals surface area contributed by atoms with Crippen LogP contribution in [0.1, 0.15) is 16.1 Å². The minimum Gasteiger partial charge on any atom is -0.399 e. The number of anilines is 1. The summed E-state index contributed by atoms with van der Waals surface area (Å²) in [6, 6.07) is 7.80. The van der Waals surface area contributed by atoms with Gasteiger partial charge in [-0.15, -0.1) is 0 Å². The molecule has 2 N–H and O–H groups in total. The van der Waals surface area contributed by atoms with Crippen molar-refractivity contribution in [1.29, 1.82) is 0 Å². The number of aromatic nitrogens is 1. The average molecular weight is 248 g/mol. The van der Waals surface area contributed by atoms with Crippen LogP contribution in [-0.4, -0.2) is 4.57 Å². The molecule has 0 aliphatic rings. The fourth-order valence-corrected chi connectivity index (χ4v) is 2.63. The van der Waals surface area contributed by atoms with Crippen molar-refractivity contribution >= 4 is 17.0 Å². The molecule has 0 amide bonds. The van der Waals surface area contributed by atoms with E-state index >= 15 is 0 Å². The third kappa shape index (κ3) is 2.58. The molecular weight excluding hydrogens is 232 g/mol. The van der Waals surface area contributed by atoms with Gasteiger partial charge >= 0.3 is 4.87 Å². The fraction of sp³-hybridized carbons (Fsp3) is 0.308. The Morgan fingerprint density at radius 2 is 1.88 bits per heavy atom. The van der Waals surface area contributed by atoms with Gasteiger partial charge in [0.1, 0.15) is 0 Å². The highest BCUT2D eigenvalue weighted by Gasteiger charge is 2.06. The van der Waals surface area contributed by atoms with E-state index < -0.39 is 0 Å². The van der Waals surface area contributed by atoms with Gasteiger partial charge in [0.15, 0.2) is 0 Å². The molecule has 0 saturated carbocycles. The van der Waals surface area contributed by atoms with Crippen molar-refractivity contribution in [3.63, 3.8) is 0 Å². The molecule has 3 nitrogen and oxygen atoms in total. The third-order valence-electron chi connectivity index (χ3n) is 2.98. The maximum atomic E-state index is 11.7. The Morgan fingerprint density at radius 3 is 2.41 bits per heavy atom. The van der Waals surface area contributed by atoms with Crippen LogP contribution >= 0.6 is 11.3 Å². The second kappa shape index (κ2) is 4.75. The summed E-state index contributed by atoms with van der Waals surface area (Å²) in [6.45, 7) is 4.72. The number of nitrogens with zero attached hydrogens (tertiary/aromatic N) is 1. The predicted molar refractivity (Wildman–Crippen MR) is 72.6 cm³/mol. The zero-order valence-corrected chi connectivity index (χ0v) is 10.9. The molecule has 1 heterocycles. The highest BCUT2D eigenvalue weighted by molar-refractivity contribution is 7.09. The zero-order chi connectivity index (χ0) is 12.4. The molecule has 1 aromatic heterocycles. The lowest BCUT2D eigenvalue weighted by molar-refractivity contribution is 0.664. The van der Waals surface area contributed by atoms with E-state index in [1.54, 1.807) is 0 Å². The van der Waals surface area contributed by atoms with Crippen LogP contribution in [0, 0.1) is 13.8 Å². The number of nitrogen functional groups attached to an aromatic ring is 1. The van der Waals surface area contributed by atoms with Gasteiger partial charge in [0.25, 0.3) is 0 Å². The van der Waals surface area contributed by atoms with Gasteiger partial charge in [-0.3, -0.25) is 4.79 Å². The van der Waals surface area contributed by atoms with Gasteiger partial charge < -0.3 is 10.3 Å². The van der Waals surface area contributed by atoms with Gasteiger partial charge in [-0.25, -0.2) is 0 Å². The molecule has 90 valence electrons. The summed E-state index contributed by atoms with van der Waals surface area (Å²) >= 11 is 1.32. The normalized spacial score (nSPS) is 10.7. The number of hydrogen-bond donors (Lipinski definition) is 1. The van der Waals surface area contributed by atoms with Crippen molar-refractivity contribution in [1.82, 2.24) is 4.57 Å². The molecule has 0 saturated heterocycles. The highest BCUT2D eigenvalue weighted by Crippen LogP contribution is 2.11. The molecule has 0 atom stereocenters. The quantitative estimate of drug-likeness (QED) is 0.848. The van der Waals surface area contributed by atoms with E-state index in [2.05, 4.69) is 0 Å². The first-order valence-corrected chi connectivity index (χ1v) is 6.41. The van der Waals surface area contributed by atoms with Crippen LogP contribution in [-0.2, 0) is 13.0 Å². The summed E-state index contributed by atoms with van der Waals surface area (Å²) in [5.74, 6) is 0. The summed E-state index contributed by atoms with van der Waals surface area (Å²) < 4.78 is 1.84. The van der Waals surface area contributed by atoms with Gasteiger partial charge in [0.2, 0.25) is 0 Å². The summed E-state index contributed by atoms with van der Waals surface area (Å²) in [5, 5.41) is 0. The molecule has 4 heteroatoms. The van der Waals surface area contributed by atoms with Crippen LogP contribution in [0.5, 0.6) is 0 Å². The fourth-order valence-electron chi connectivity index (χ4n) is 1.77. The molecule has 17 heavy (non-hydrogen) atoms. The maximum absolute atomic E-state index is 11.7. The molecule has 0 aliphatic carbocycles. The van der Waals surface area contributed by atoms with Gasteiger partial charge in [-0.05, 0) is 38.0 Å². The molecule has 1 aromatic carbocycles. The van der Waals surface area contributed by atoms with Crippen LogP contribution in [0.2, 0.25) is 0 Å². The second-order valence-electron chi connectivity index (χ2n) is 4.15. The minimum atomic E-state index is 0.135. The Balaban J connectivity index is 2.12. The first-order chi connectivity index (χ1) is 8.08. The standard InChI is InChI=1S/C13H16N2OS/c1-9-10(2)17-13(16)15(9)8-7-11-3-5-12(14)6-4-11/h3-6H,7-8,14H2,1-2H3. The molecule has 2 rings (SSSR count). The Kier molecular flexibility index (Phi) is 3.33. The molecule has 0 unspecified atom stereocenters. The smallest absolute Gasteiger partial charge is 0.307 e. The molecule has 0 bridgehead atoms.